The predicted octanol–water partition coefficient (Wildman–Crippen LogP) is 4.22. The Labute approximate surface area is 160 Å². The smallest absolute Gasteiger partial charge is 0.338 e. The van der Waals surface area contributed by atoms with E-state index in [1.165, 1.54) is 30.6 Å². The highest BCUT2D eigenvalue weighted by Crippen LogP contribution is 2.29. The number of pyridine rings is 1. The number of amides is 2. The molecule has 8 heteroatoms. The van der Waals surface area contributed by atoms with Crippen molar-refractivity contribution in [2.24, 2.45) is 5.92 Å². The predicted molar refractivity (Wildman–Crippen MR) is 97.9 cm³/mol. The zero-order valence-electron chi connectivity index (χ0n) is 15.3. The third kappa shape index (κ3) is 4.68. The number of nitrogens with one attached hydrogen (secondary N) is 1. The number of carbonyl (C=O) groups is 2. The van der Waals surface area contributed by atoms with Crippen LogP contribution in [0, 0.1) is 5.92 Å². The molecule has 1 aliphatic heterocycles. The molecule has 2 aromatic rings. The summed E-state index contributed by atoms with van der Waals surface area (Å²) in [5.74, 6) is -0.297. The molecule has 28 heavy (non-hydrogen) atoms. The van der Waals surface area contributed by atoms with Crippen molar-refractivity contribution in [3.05, 3.63) is 59.4 Å². The van der Waals surface area contributed by atoms with Crippen molar-refractivity contribution in [3.63, 3.8) is 0 Å². The fraction of sp³-hybridized carbons (Fsp3) is 0.350. The summed E-state index contributed by atoms with van der Waals surface area (Å²) in [6.45, 7) is 3.43. The van der Waals surface area contributed by atoms with E-state index < -0.39 is 17.6 Å². The van der Waals surface area contributed by atoms with Gasteiger partial charge in [-0.05, 0) is 49.1 Å². The van der Waals surface area contributed by atoms with Gasteiger partial charge >= 0.3 is 6.18 Å². The standard InChI is InChI=1S/C20H20F3N3O2/c1-13-3-2-8-26(12-13)19(28)15-9-14(10-24-11-15)18(27)25-17-6-4-16(5-7-17)20(21,22)23/h4-7,9-11,13H,2-3,8,12H2,1H3,(H,25,27). The van der Waals surface area contributed by atoms with Gasteiger partial charge in [0, 0.05) is 31.2 Å². The minimum Gasteiger partial charge on any atom is -0.338 e. The summed E-state index contributed by atoms with van der Waals surface area (Å²) in [5.41, 5.74) is -0.0971. The summed E-state index contributed by atoms with van der Waals surface area (Å²) in [6.07, 6.45) is 0.310. The lowest BCUT2D eigenvalue weighted by atomic mass is 9.99. The minimum atomic E-state index is -4.44. The van der Waals surface area contributed by atoms with Crippen LogP contribution in [0.25, 0.3) is 0 Å². The lowest BCUT2D eigenvalue weighted by Gasteiger charge is -2.30. The van der Waals surface area contributed by atoms with Crippen LogP contribution in [0.1, 0.15) is 46.0 Å². The molecule has 1 fully saturated rings. The summed E-state index contributed by atoms with van der Waals surface area (Å²) >= 11 is 0. The SMILES string of the molecule is CC1CCCN(C(=O)c2cncc(C(=O)Nc3ccc(C(F)(F)F)cc3)c2)C1. The number of piperidine rings is 1. The Bertz CT molecular complexity index is 866. The Morgan fingerprint density at radius 1 is 1.14 bits per heavy atom. The highest BCUT2D eigenvalue weighted by Gasteiger charge is 2.30. The quantitative estimate of drug-likeness (QED) is 0.852. The van der Waals surface area contributed by atoms with Crippen LogP contribution in [0.5, 0.6) is 0 Å². The van der Waals surface area contributed by atoms with Gasteiger partial charge < -0.3 is 10.2 Å². The van der Waals surface area contributed by atoms with E-state index in [2.05, 4.69) is 17.2 Å². The van der Waals surface area contributed by atoms with Gasteiger partial charge in [-0.25, -0.2) is 0 Å². The summed E-state index contributed by atoms with van der Waals surface area (Å²) in [4.78, 5) is 30.8. The van der Waals surface area contributed by atoms with Gasteiger partial charge in [-0.15, -0.1) is 0 Å². The average Bonchev–Trinajstić information content (AvgIpc) is 2.67. The number of carbonyl (C=O) groups excluding carboxylic acids is 2. The molecule has 3 rings (SSSR count). The zero-order chi connectivity index (χ0) is 20.3. The molecule has 2 heterocycles. The summed E-state index contributed by atoms with van der Waals surface area (Å²) in [6, 6.07) is 5.60. The number of halogens is 3. The Hall–Kier alpha value is -2.90. The number of likely N-dealkylation sites (tertiary alicyclic amines) is 1. The molecule has 1 aliphatic rings. The molecule has 1 N–H and O–H groups in total. The number of hydrogen-bond donors (Lipinski definition) is 1. The van der Waals surface area contributed by atoms with Gasteiger partial charge in [-0.1, -0.05) is 6.92 Å². The third-order valence-corrected chi connectivity index (χ3v) is 4.66. The van der Waals surface area contributed by atoms with Gasteiger partial charge in [0.25, 0.3) is 11.8 Å². The molecular weight excluding hydrogens is 371 g/mol. The topological polar surface area (TPSA) is 62.3 Å². The monoisotopic (exact) mass is 391 g/mol. The number of rotatable bonds is 3. The van der Waals surface area contributed by atoms with E-state index in [-0.39, 0.29) is 17.2 Å². The van der Waals surface area contributed by atoms with Crippen LogP contribution >= 0.6 is 0 Å². The van der Waals surface area contributed by atoms with Gasteiger partial charge in [0.15, 0.2) is 0 Å². The van der Waals surface area contributed by atoms with Crippen LogP contribution in [-0.2, 0) is 6.18 Å². The second-order valence-corrected chi connectivity index (χ2v) is 6.99. The van der Waals surface area contributed by atoms with Crippen LogP contribution in [0.15, 0.2) is 42.7 Å². The lowest BCUT2D eigenvalue weighted by Crippen LogP contribution is -2.39. The van der Waals surface area contributed by atoms with Crippen molar-refractivity contribution in [1.82, 2.24) is 9.88 Å². The van der Waals surface area contributed by atoms with Crippen molar-refractivity contribution in [1.29, 1.82) is 0 Å². The fourth-order valence-corrected chi connectivity index (χ4v) is 3.18. The Morgan fingerprint density at radius 2 is 1.82 bits per heavy atom. The van der Waals surface area contributed by atoms with Gasteiger partial charge in [-0.3, -0.25) is 14.6 Å². The Morgan fingerprint density at radius 3 is 2.46 bits per heavy atom. The lowest BCUT2D eigenvalue weighted by molar-refractivity contribution is -0.137. The second-order valence-electron chi connectivity index (χ2n) is 6.99. The highest BCUT2D eigenvalue weighted by molar-refractivity contribution is 6.05. The fourth-order valence-electron chi connectivity index (χ4n) is 3.18. The van der Waals surface area contributed by atoms with Crippen molar-refractivity contribution in [2.75, 3.05) is 18.4 Å². The van der Waals surface area contributed by atoms with Crippen LogP contribution < -0.4 is 5.32 Å². The first-order chi connectivity index (χ1) is 13.2. The van der Waals surface area contributed by atoms with Gasteiger partial charge in [0.1, 0.15) is 0 Å². The van der Waals surface area contributed by atoms with Gasteiger partial charge in [0.05, 0.1) is 16.7 Å². The van der Waals surface area contributed by atoms with Crippen LogP contribution in [0.3, 0.4) is 0 Å². The number of hydrogen-bond acceptors (Lipinski definition) is 3. The molecule has 1 aromatic carbocycles. The molecule has 0 bridgehead atoms. The maximum atomic E-state index is 12.7. The number of anilines is 1. The summed E-state index contributed by atoms with van der Waals surface area (Å²) < 4.78 is 37.8. The van der Waals surface area contributed by atoms with Crippen molar-refractivity contribution >= 4 is 17.5 Å². The van der Waals surface area contributed by atoms with Crippen molar-refractivity contribution < 1.29 is 22.8 Å². The Balaban J connectivity index is 1.71. The molecule has 148 valence electrons. The number of alkyl halides is 3. The highest BCUT2D eigenvalue weighted by atomic mass is 19.4. The molecule has 0 spiro atoms. The molecule has 1 aromatic heterocycles. The molecule has 0 radical (unpaired) electrons. The first-order valence-corrected chi connectivity index (χ1v) is 8.97. The molecule has 1 saturated heterocycles. The molecule has 1 atom stereocenters. The maximum Gasteiger partial charge on any atom is 0.416 e. The molecular formula is C20H20F3N3O2. The minimum absolute atomic E-state index is 0.163. The normalized spacial score (nSPS) is 17.3. The average molecular weight is 391 g/mol. The molecule has 1 unspecified atom stereocenters. The first-order valence-electron chi connectivity index (χ1n) is 8.97. The molecule has 2 amide bonds. The summed E-state index contributed by atoms with van der Waals surface area (Å²) in [7, 11) is 0. The summed E-state index contributed by atoms with van der Waals surface area (Å²) in [5, 5.41) is 2.52. The Kier molecular flexibility index (Phi) is 5.67. The van der Waals surface area contributed by atoms with Crippen LogP contribution in [0.4, 0.5) is 18.9 Å². The van der Waals surface area contributed by atoms with Crippen molar-refractivity contribution in [2.45, 2.75) is 25.9 Å². The van der Waals surface area contributed by atoms with E-state index in [1.807, 2.05) is 0 Å². The van der Waals surface area contributed by atoms with E-state index in [0.717, 1.165) is 25.0 Å². The van der Waals surface area contributed by atoms with Gasteiger partial charge in [-0.2, -0.15) is 13.2 Å². The van der Waals surface area contributed by atoms with Crippen LogP contribution in [-0.4, -0.2) is 34.8 Å². The first kappa shape index (κ1) is 19.9. The van der Waals surface area contributed by atoms with Crippen molar-refractivity contribution in [3.8, 4) is 0 Å². The number of aromatic nitrogens is 1. The van der Waals surface area contributed by atoms with E-state index in [9.17, 15) is 22.8 Å². The van der Waals surface area contributed by atoms with Gasteiger partial charge in [0.2, 0.25) is 0 Å². The molecule has 5 nitrogen and oxygen atoms in total. The maximum absolute atomic E-state index is 12.7. The van der Waals surface area contributed by atoms with E-state index in [0.29, 0.717) is 24.6 Å². The largest absolute Gasteiger partial charge is 0.416 e. The third-order valence-electron chi connectivity index (χ3n) is 4.66. The molecule has 0 saturated carbocycles. The van der Waals surface area contributed by atoms with E-state index in [1.54, 1.807) is 4.90 Å². The number of nitrogens with zero attached hydrogens (tertiary/aromatic N) is 2. The number of benzene rings is 1. The van der Waals surface area contributed by atoms with Crippen LogP contribution in [0.2, 0.25) is 0 Å². The van der Waals surface area contributed by atoms with E-state index in [4.69, 9.17) is 0 Å². The van der Waals surface area contributed by atoms with E-state index >= 15 is 0 Å². The molecule has 0 aliphatic carbocycles. The second kappa shape index (κ2) is 8.00. The zero-order valence-corrected chi connectivity index (χ0v) is 15.3.